The van der Waals surface area contributed by atoms with Crippen molar-refractivity contribution in [2.75, 3.05) is 13.3 Å². The van der Waals surface area contributed by atoms with Crippen LogP contribution in [0.4, 0.5) is 0 Å². The van der Waals surface area contributed by atoms with Crippen LogP contribution in [0.1, 0.15) is 6.42 Å². The first-order valence-corrected chi connectivity index (χ1v) is 4.83. The summed E-state index contributed by atoms with van der Waals surface area (Å²) in [5.41, 5.74) is 5.29. The van der Waals surface area contributed by atoms with Crippen LogP contribution in [0.3, 0.4) is 0 Å². The topological polar surface area (TPSA) is 3.24 Å². The maximum absolute atomic E-state index is 3.96. The fourth-order valence-corrected chi connectivity index (χ4v) is 2.09. The molecule has 0 aliphatic carbocycles. The van der Waals surface area contributed by atoms with Crippen LogP contribution >= 0.6 is 11.8 Å². The van der Waals surface area contributed by atoms with E-state index < -0.39 is 0 Å². The number of likely N-dealkylation sites (tertiary alicyclic amines) is 1. The number of thioether (sulfide) groups is 1. The number of hydrogen-bond acceptors (Lipinski definition) is 2. The van der Waals surface area contributed by atoms with Crippen molar-refractivity contribution in [2.24, 2.45) is 0 Å². The van der Waals surface area contributed by atoms with Gasteiger partial charge in [0, 0.05) is 19.2 Å². The highest BCUT2D eigenvalue weighted by Gasteiger charge is 2.26. The Balaban J connectivity index is 2.90. The van der Waals surface area contributed by atoms with Crippen LogP contribution < -0.4 is 0 Å². The fraction of sp³-hybridized carbons (Fsp3) is 0.444. The Hall–Kier alpha value is -0.590. The van der Waals surface area contributed by atoms with E-state index in [-0.39, 0.29) is 0 Å². The third kappa shape index (κ3) is 1.37. The Bertz CT molecular complexity index is 226. The van der Waals surface area contributed by atoms with Crippen molar-refractivity contribution in [3.05, 3.63) is 30.3 Å². The van der Waals surface area contributed by atoms with Gasteiger partial charge in [-0.05, 0) is 6.26 Å². The van der Waals surface area contributed by atoms with Gasteiger partial charge in [0.15, 0.2) is 0 Å². The van der Waals surface area contributed by atoms with Crippen LogP contribution in [0, 0.1) is 0 Å². The fourth-order valence-electron chi connectivity index (χ4n) is 1.26. The standard InChI is InChI=1S/C9H13NS/c1-5-8-9(11-4)6-7(2)10(8)3/h9H,1-2,6H2,3-4H3. The Kier molecular flexibility index (Phi) is 2.48. The molecule has 11 heavy (non-hydrogen) atoms. The molecule has 0 aromatic carbocycles. The van der Waals surface area contributed by atoms with E-state index in [1.54, 1.807) is 0 Å². The van der Waals surface area contributed by atoms with Gasteiger partial charge in [-0.15, -0.1) is 5.73 Å². The molecule has 0 saturated carbocycles. The minimum absolute atomic E-state index is 0.519. The number of allylic oxidation sites excluding steroid dienone is 1. The molecule has 1 heterocycles. The van der Waals surface area contributed by atoms with Crippen molar-refractivity contribution in [3.63, 3.8) is 0 Å². The van der Waals surface area contributed by atoms with Crippen molar-refractivity contribution >= 4 is 11.8 Å². The molecular weight excluding hydrogens is 154 g/mol. The maximum atomic E-state index is 3.96. The van der Waals surface area contributed by atoms with Crippen LogP contribution in [0.2, 0.25) is 0 Å². The minimum Gasteiger partial charge on any atom is -0.345 e. The first-order valence-electron chi connectivity index (χ1n) is 3.55. The van der Waals surface area contributed by atoms with E-state index in [4.69, 9.17) is 0 Å². The molecule has 0 aromatic heterocycles. The van der Waals surface area contributed by atoms with Gasteiger partial charge >= 0.3 is 0 Å². The van der Waals surface area contributed by atoms with Gasteiger partial charge in [0.2, 0.25) is 0 Å². The van der Waals surface area contributed by atoms with E-state index in [0.717, 1.165) is 12.1 Å². The molecule has 0 aromatic rings. The van der Waals surface area contributed by atoms with E-state index in [1.165, 1.54) is 5.70 Å². The summed E-state index contributed by atoms with van der Waals surface area (Å²) < 4.78 is 0. The molecule has 1 aliphatic heterocycles. The van der Waals surface area contributed by atoms with Crippen molar-refractivity contribution in [1.82, 2.24) is 4.90 Å². The second-order valence-electron chi connectivity index (χ2n) is 2.62. The lowest BCUT2D eigenvalue weighted by Gasteiger charge is -2.13. The van der Waals surface area contributed by atoms with Gasteiger partial charge in [-0.2, -0.15) is 11.8 Å². The molecule has 60 valence electrons. The highest BCUT2D eigenvalue weighted by atomic mass is 32.2. The van der Waals surface area contributed by atoms with Crippen LogP contribution in [-0.4, -0.2) is 23.5 Å². The zero-order chi connectivity index (χ0) is 8.43. The van der Waals surface area contributed by atoms with Crippen LogP contribution in [0.25, 0.3) is 0 Å². The van der Waals surface area contributed by atoms with Crippen LogP contribution in [0.5, 0.6) is 0 Å². The molecule has 1 aliphatic rings. The normalized spacial score (nSPS) is 24.2. The molecule has 0 amide bonds. The Morgan fingerprint density at radius 1 is 1.73 bits per heavy atom. The molecule has 1 unspecified atom stereocenters. The van der Waals surface area contributed by atoms with Gasteiger partial charge in [-0.3, -0.25) is 0 Å². The lowest BCUT2D eigenvalue weighted by Crippen LogP contribution is -2.10. The lowest BCUT2D eigenvalue weighted by molar-refractivity contribution is 0.564. The molecule has 0 N–H and O–H groups in total. The second-order valence-corrected chi connectivity index (χ2v) is 3.66. The molecule has 0 bridgehead atoms. The quantitative estimate of drug-likeness (QED) is 0.551. The molecule has 1 atom stereocenters. The SMILES string of the molecule is C=C=C1C(SC)CC(=C)N1C. The first kappa shape index (κ1) is 8.51. The minimum atomic E-state index is 0.519. The second kappa shape index (κ2) is 3.21. The largest absolute Gasteiger partial charge is 0.345 e. The Labute approximate surface area is 72.5 Å². The van der Waals surface area contributed by atoms with Crippen molar-refractivity contribution in [2.45, 2.75) is 11.7 Å². The summed E-state index contributed by atoms with van der Waals surface area (Å²) in [6.45, 7) is 7.62. The van der Waals surface area contributed by atoms with Crippen molar-refractivity contribution < 1.29 is 0 Å². The lowest BCUT2D eigenvalue weighted by atomic mass is 10.3. The molecular formula is C9H13NS. The summed E-state index contributed by atoms with van der Waals surface area (Å²) in [4.78, 5) is 2.08. The summed E-state index contributed by atoms with van der Waals surface area (Å²) in [6, 6.07) is 0. The number of nitrogens with zero attached hydrogens (tertiary/aromatic N) is 1. The van der Waals surface area contributed by atoms with E-state index >= 15 is 0 Å². The third-order valence-electron chi connectivity index (χ3n) is 2.03. The van der Waals surface area contributed by atoms with Crippen LogP contribution in [0.15, 0.2) is 30.3 Å². The predicted molar refractivity (Wildman–Crippen MR) is 51.5 cm³/mol. The number of rotatable bonds is 1. The number of hydrogen-bond donors (Lipinski definition) is 0. The van der Waals surface area contributed by atoms with Gasteiger partial charge in [0.05, 0.1) is 10.9 Å². The maximum Gasteiger partial charge on any atom is 0.0733 e. The average Bonchev–Trinajstić information content (AvgIpc) is 2.28. The monoisotopic (exact) mass is 167 g/mol. The van der Waals surface area contributed by atoms with E-state index in [0.29, 0.717) is 5.25 Å². The Morgan fingerprint density at radius 2 is 2.36 bits per heavy atom. The van der Waals surface area contributed by atoms with E-state index in [2.05, 4.69) is 30.0 Å². The van der Waals surface area contributed by atoms with Crippen molar-refractivity contribution in [1.29, 1.82) is 0 Å². The molecule has 2 heteroatoms. The highest BCUT2D eigenvalue weighted by Crippen LogP contribution is 2.34. The van der Waals surface area contributed by atoms with E-state index in [9.17, 15) is 0 Å². The molecule has 1 nitrogen and oxygen atoms in total. The first-order chi connectivity index (χ1) is 5.20. The smallest absolute Gasteiger partial charge is 0.0733 e. The summed E-state index contributed by atoms with van der Waals surface area (Å²) in [6.07, 6.45) is 3.14. The average molecular weight is 167 g/mol. The molecule has 1 rings (SSSR count). The van der Waals surface area contributed by atoms with Gasteiger partial charge in [0.25, 0.3) is 0 Å². The summed E-state index contributed by atoms with van der Waals surface area (Å²) in [5.74, 6) is 0. The van der Waals surface area contributed by atoms with Crippen LogP contribution in [-0.2, 0) is 0 Å². The van der Waals surface area contributed by atoms with Crippen molar-refractivity contribution in [3.8, 4) is 0 Å². The third-order valence-corrected chi connectivity index (χ3v) is 2.99. The molecule has 1 saturated heterocycles. The molecule has 1 fully saturated rings. The Morgan fingerprint density at radius 3 is 2.73 bits per heavy atom. The molecule has 0 spiro atoms. The van der Waals surface area contributed by atoms with Gasteiger partial charge in [-0.1, -0.05) is 13.2 Å². The predicted octanol–water partition coefficient (Wildman–Crippen LogP) is 2.24. The van der Waals surface area contributed by atoms with Gasteiger partial charge in [-0.25, -0.2) is 0 Å². The zero-order valence-electron chi connectivity index (χ0n) is 7.05. The van der Waals surface area contributed by atoms with E-state index in [1.807, 2.05) is 18.8 Å². The summed E-state index contributed by atoms with van der Waals surface area (Å²) >= 11 is 1.83. The summed E-state index contributed by atoms with van der Waals surface area (Å²) in [7, 11) is 2.02. The molecule has 0 radical (unpaired) electrons. The van der Waals surface area contributed by atoms with Gasteiger partial charge in [0.1, 0.15) is 0 Å². The zero-order valence-corrected chi connectivity index (χ0v) is 7.87. The highest BCUT2D eigenvalue weighted by molar-refractivity contribution is 7.99. The van der Waals surface area contributed by atoms with Gasteiger partial charge < -0.3 is 4.90 Å². The summed E-state index contributed by atoms with van der Waals surface area (Å²) in [5, 5.41) is 0.519.